The molecule has 2 N–H and O–H groups in total. The van der Waals surface area contributed by atoms with Gasteiger partial charge in [0.25, 0.3) is 5.56 Å². The van der Waals surface area contributed by atoms with Gasteiger partial charge in [-0.1, -0.05) is 29.8 Å². The number of ether oxygens (including phenoxy) is 1. The van der Waals surface area contributed by atoms with E-state index in [0.717, 1.165) is 0 Å². The van der Waals surface area contributed by atoms with Crippen LogP contribution >= 0.6 is 11.6 Å². The van der Waals surface area contributed by atoms with E-state index in [1.54, 1.807) is 54.3 Å². The summed E-state index contributed by atoms with van der Waals surface area (Å²) >= 11 is 6.15. The SMILES string of the molecule is COc1ccccc1N1CC(C(=O)Nc2cc(C)nn2-c2nc3c(cnn3-c3cccc(Cl)c3)c(=O)[nH]2)CC1=O. The Hall–Kier alpha value is -4.97. The molecule has 1 atom stereocenters. The van der Waals surface area contributed by atoms with Gasteiger partial charge in [-0.2, -0.15) is 19.9 Å². The third kappa shape index (κ3) is 4.47. The lowest BCUT2D eigenvalue weighted by Crippen LogP contribution is -2.29. The third-order valence-electron chi connectivity index (χ3n) is 6.63. The molecule has 13 heteroatoms. The van der Waals surface area contributed by atoms with E-state index in [-0.39, 0.29) is 36.1 Å². The van der Waals surface area contributed by atoms with Crippen LogP contribution in [0.2, 0.25) is 5.02 Å². The van der Waals surface area contributed by atoms with Crippen molar-refractivity contribution in [2.75, 3.05) is 23.9 Å². The highest BCUT2D eigenvalue weighted by Crippen LogP contribution is 2.33. The van der Waals surface area contributed by atoms with Gasteiger partial charge in [-0.15, -0.1) is 0 Å². The zero-order chi connectivity index (χ0) is 28.0. The number of hydrogen-bond acceptors (Lipinski definition) is 7. The number of H-pyrrole nitrogens is 1. The number of anilines is 2. The summed E-state index contributed by atoms with van der Waals surface area (Å²) in [6.45, 7) is 1.94. The Bertz CT molecular complexity index is 1840. The number of hydrogen-bond donors (Lipinski definition) is 2. The van der Waals surface area contributed by atoms with E-state index in [0.29, 0.717) is 39.3 Å². The zero-order valence-corrected chi connectivity index (χ0v) is 22.2. The Balaban J connectivity index is 1.30. The van der Waals surface area contributed by atoms with E-state index in [9.17, 15) is 14.4 Å². The maximum Gasteiger partial charge on any atom is 0.263 e. The molecule has 1 fully saturated rings. The summed E-state index contributed by atoms with van der Waals surface area (Å²) in [4.78, 5) is 47.9. The lowest BCUT2D eigenvalue weighted by Gasteiger charge is -2.19. The van der Waals surface area contributed by atoms with Crippen molar-refractivity contribution in [1.29, 1.82) is 0 Å². The van der Waals surface area contributed by atoms with Crippen molar-refractivity contribution in [3.05, 3.63) is 81.9 Å². The van der Waals surface area contributed by atoms with E-state index in [4.69, 9.17) is 16.3 Å². The molecule has 0 spiro atoms. The first-order valence-electron chi connectivity index (χ1n) is 12.4. The minimum atomic E-state index is -0.611. The van der Waals surface area contributed by atoms with Crippen molar-refractivity contribution in [2.24, 2.45) is 5.92 Å². The maximum atomic E-state index is 13.3. The summed E-state index contributed by atoms with van der Waals surface area (Å²) in [6, 6.07) is 15.8. The van der Waals surface area contributed by atoms with Crippen LogP contribution in [0.1, 0.15) is 12.1 Å². The largest absolute Gasteiger partial charge is 0.495 e. The highest BCUT2D eigenvalue weighted by Gasteiger charge is 2.36. The van der Waals surface area contributed by atoms with Crippen LogP contribution in [-0.2, 0) is 9.59 Å². The van der Waals surface area contributed by atoms with Crippen molar-refractivity contribution >= 4 is 46.0 Å². The summed E-state index contributed by atoms with van der Waals surface area (Å²) in [7, 11) is 1.53. The van der Waals surface area contributed by atoms with E-state index in [1.165, 1.54) is 22.7 Å². The molecule has 40 heavy (non-hydrogen) atoms. The molecule has 1 aliphatic heterocycles. The fourth-order valence-electron chi connectivity index (χ4n) is 4.75. The molecule has 3 aromatic heterocycles. The minimum absolute atomic E-state index is 0.0386. The van der Waals surface area contributed by atoms with Gasteiger partial charge < -0.3 is 15.0 Å². The Morgan fingerprint density at radius 1 is 1.12 bits per heavy atom. The number of carbonyl (C=O) groups excluding carboxylic acids is 2. The molecule has 5 aromatic rings. The van der Waals surface area contributed by atoms with Crippen LogP contribution in [0.3, 0.4) is 0 Å². The number of para-hydroxylation sites is 2. The van der Waals surface area contributed by atoms with Gasteiger partial charge in [-0.05, 0) is 37.3 Å². The van der Waals surface area contributed by atoms with Gasteiger partial charge in [-0.3, -0.25) is 19.4 Å². The average molecular weight is 559 g/mol. The summed E-state index contributed by atoms with van der Waals surface area (Å²) in [5, 5.41) is 12.4. The predicted molar refractivity (Wildman–Crippen MR) is 148 cm³/mol. The van der Waals surface area contributed by atoms with Gasteiger partial charge in [0.2, 0.25) is 17.8 Å². The van der Waals surface area contributed by atoms with Gasteiger partial charge in [-0.25, -0.2) is 4.68 Å². The number of benzene rings is 2. The van der Waals surface area contributed by atoms with Gasteiger partial charge in [0, 0.05) is 24.1 Å². The molecule has 0 bridgehead atoms. The molecule has 4 heterocycles. The number of nitrogens with one attached hydrogen (secondary N) is 2. The molecule has 0 aliphatic carbocycles. The monoisotopic (exact) mass is 558 g/mol. The molecule has 0 saturated carbocycles. The summed E-state index contributed by atoms with van der Waals surface area (Å²) in [5.41, 5.74) is 1.69. The van der Waals surface area contributed by atoms with Crippen molar-refractivity contribution < 1.29 is 14.3 Å². The van der Waals surface area contributed by atoms with Crippen molar-refractivity contribution in [2.45, 2.75) is 13.3 Å². The second kappa shape index (κ2) is 9.97. The lowest BCUT2D eigenvalue weighted by molar-refractivity contribution is -0.122. The standard InChI is InChI=1S/C27H23ClN8O4/c1-15-10-22(30-25(38)16-11-23(37)34(14-16)20-8-3-4-9-21(20)40-2)36(33-15)27-31-24-19(26(39)32-27)13-29-35(24)18-7-5-6-17(28)12-18/h3-10,12-13,16H,11,14H2,1-2H3,(H,30,38)(H,31,32,39). The Labute approximate surface area is 232 Å². The fourth-order valence-corrected chi connectivity index (χ4v) is 4.94. The third-order valence-corrected chi connectivity index (χ3v) is 6.87. The number of carbonyl (C=O) groups is 2. The number of aromatic amines is 1. The van der Waals surface area contributed by atoms with Crippen molar-refractivity contribution in [1.82, 2.24) is 29.5 Å². The second-order valence-corrected chi connectivity index (χ2v) is 9.75. The number of aromatic nitrogens is 6. The van der Waals surface area contributed by atoms with Crippen molar-refractivity contribution in [3.63, 3.8) is 0 Å². The smallest absolute Gasteiger partial charge is 0.263 e. The molecule has 1 aliphatic rings. The van der Waals surface area contributed by atoms with Gasteiger partial charge in [0.1, 0.15) is 17.0 Å². The normalized spacial score (nSPS) is 15.1. The molecular weight excluding hydrogens is 536 g/mol. The van der Waals surface area contributed by atoms with Crippen LogP contribution in [-0.4, -0.2) is 55.0 Å². The number of rotatable bonds is 6. The van der Waals surface area contributed by atoms with Crippen molar-refractivity contribution in [3.8, 4) is 17.4 Å². The van der Waals surface area contributed by atoms with Crippen LogP contribution in [0.15, 0.2) is 65.6 Å². The number of fused-ring (bicyclic) bond motifs is 1. The molecule has 0 radical (unpaired) electrons. The fraction of sp³-hybridized carbons (Fsp3) is 0.185. The summed E-state index contributed by atoms with van der Waals surface area (Å²) in [5.74, 6) is -0.225. The zero-order valence-electron chi connectivity index (χ0n) is 21.5. The molecule has 2 aromatic carbocycles. The van der Waals surface area contributed by atoms with Gasteiger partial charge >= 0.3 is 0 Å². The molecule has 6 rings (SSSR count). The topological polar surface area (TPSA) is 140 Å². The first-order valence-corrected chi connectivity index (χ1v) is 12.8. The molecular formula is C27H23ClN8O4. The Kier molecular flexibility index (Phi) is 6.31. The minimum Gasteiger partial charge on any atom is -0.495 e. The van der Waals surface area contributed by atoms with E-state index in [1.807, 2.05) is 12.1 Å². The molecule has 1 unspecified atom stereocenters. The summed E-state index contributed by atoms with van der Waals surface area (Å²) < 4.78 is 8.24. The Morgan fingerprint density at radius 2 is 1.95 bits per heavy atom. The van der Waals surface area contributed by atoms with Crippen LogP contribution in [0.25, 0.3) is 22.7 Å². The van der Waals surface area contributed by atoms with Crippen LogP contribution in [0.5, 0.6) is 5.75 Å². The average Bonchev–Trinajstić information content (AvgIpc) is 3.65. The molecule has 12 nitrogen and oxygen atoms in total. The highest BCUT2D eigenvalue weighted by atomic mass is 35.5. The molecule has 2 amide bonds. The maximum absolute atomic E-state index is 13.3. The van der Waals surface area contributed by atoms with Gasteiger partial charge in [0.15, 0.2) is 5.65 Å². The van der Waals surface area contributed by atoms with E-state index in [2.05, 4.69) is 25.5 Å². The second-order valence-electron chi connectivity index (χ2n) is 9.31. The Morgan fingerprint density at radius 3 is 2.75 bits per heavy atom. The van der Waals surface area contributed by atoms with Gasteiger partial charge in [0.05, 0.1) is 36.3 Å². The molecule has 202 valence electrons. The van der Waals surface area contributed by atoms with E-state index < -0.39 is 11.5 Å². The number of amides is 2. The number of nitrogens with zero attached hydrogens (tertiary/aromatic N) is 6. The first kappa shape index (κ1) is 25.3. The van der Waals surface area contributed by atoms with E-state index >= 15 is 0 Å². The van der Waals surface area contributed by atoms with Crippen LogP contribution in [0.4, 0.5) is 11.5 Å². The predicted octanol–water partition coefficient (Wildman–Crippen LogP) is 3.26. The highest BCUT2D eigenvalue weighted by molar-refractivity contribution is 6.30. The number of aryl methyl sites for hydroxylation is 1. The number of methoxy groups -OCH3 is 1. The number of halogens is 1. The first-order chi connectivity index (χ1) is 19.3. The molecule has 1 saturated heterocycles. The lowest BCUT2D eigenvalue weighted by atomic mass is 10.1. The summed E-state index contributed by atoms with van der Waals surface area (Å²) in [6.07, 6.45) is 1.46. The quantitative estimate of drug-likeness (QED) is 0.326. The van der Waals surface area contributed by atoms with Crippen LogP contribution < -0.4 is 20.5 Å². The van der Waals surface area contributed by atoms with Crippen LogP contribution in [0, 0.1) is 12.8 Å².